The number of benzene rings is 2. The first-order valence-corrected chi connectivity index (χ1v) is 7.29. The van der Waals surface area contributed by atoms with Gasteiger partial charge >= 0.3 is 0 Å². The molecule has 3 nitrogen and oxygen atoms in total. The molecule has 0 heterocycles. The highest BCUT2D eigenvalue weighted by atomic mass is 35.5. The Morgan fingerprint density at radius 2 is 1.90 bits per heavy atom. The maximum atomic E-state index is 11.9. The summed E-state index contributed by atoms with van der Waals surface area (Å²) < 4.78 is 0. The van der Waals surface area contributed by atoms with Crippen LogP contribution in [-0.2, 0) is 4.79 Å². The molecule has 0 atom stereocenters. The van der Waals surface area contributed by atoms with Crippen LogP contribution in [0.2, 0.25) is 5.02 Å². The number of anilines is 2. The third-order valence-corrected chi connectivity index (χ3v) is 3.56. The highest BCUT2D eigenvalue weighted by Crippen LogP contribution is 2.19. The van der Waals surface area contributed by atoms with E-state index in [1.165, 1.54) is 0 Å². The molecule has 0 aliphatic heterocycles. The Labute approximate surface area is 130 Å². The lowest BCUT2D eigenvalue weighted by Gasteiger charge is -2.09. The lowest BCUT2D eigenvalue weighted by Crippen LogP contribution is -2.16. The Balaban J connectivity index is 1.80. The van der Waals surface area contributed by atoms with Crippen molar-refractivity contribution in [2.75, 3.05) is 17.2 Å². The molecule has 0 saturated heterocycles. The van der Waals surface area contributed by atoms with Gasteiger partial charge in [0.1, 0.15) is 0 Å². The average Bonchev–Trinajstić information content (AvgIpc) is 2.43. The minimum absolute atomic E-state index is 0.00805. The molecule has 2 N–H and O–H groups in total. The zero-order chi connectivity index (χ0) is 15.2. The van der Waals surface area contributed by atoms with Crippen molar-refractivity contribution in [2.45, 2.75) is 20.3 Å². The molecule has 0 saturated carbocycles. The van der Waals surface area contributed by atoms with Crippen molar-refractivity contribution in [1.82, 2.24) is 0 Å². The summed E-state index contributed by atoms with van der Waals surface area (Å²) in [5, 5.41) is 6.81. The highest BCUT2D eigenvalue weighted by molar-refractivity contribution is 6.31. The molecule has 2 aromatic carbocycles. The summed E-state index contributed by atoms with van der Waals surface area (Å²) in [6.45, 7) is 4.52. The number of rotatable bonds is 5. The van der Waals surface area contributed by atoms with Crippen molar-refractivity contribution in [1.29, 1.82) is 0 Å². The number of hydrogen-bond donors (Lipinski definition) is 2. The first-order chi connectivity index (χ1) is 10.0. The van der Waals surface area contributed by atoms with Crippen molar-refractivity contribution in [2.24, 2.45) is 0 Å². The number of carbonyl (C=O) groups excluding carboxylic acids is 1. The SMILES string of the molecule is Cc1cccc(NC(=O)CCNc2ccc(C)c(Cl)c2)c1. The molecule has 2 aromatic rings. The third-order valence-electron chi connectivity index (χ3n) is 3.15. The second-order valence-corrected chi connectivity index (χ2v) is 5.47. The molecular weight excluding hydrogens is 284 g/mol. The van der Waals surface area contributed by atoms with Crippen LogP contribution in [-0.4, -0.2) is 12.5 Å². The lowest BCUT2D eigenvalue weighted by atomic mass is 10.2. The molecule has 4 heteroatoms. The largest absolute Gasteiger partial charge is 0.384 e. The predicted octanol–water partition coefficient (Wildman–Crippen LogP) is 4.40. The van der Waals surface area contributed by atoms with Crippen LogP contribution < -0.4 is 10.6 Å². The van der Waals surface area contributed by atoms with Crippen LogP contribution in [0.5, 0.6) is 0 Å². The van der Waals surface area contributed by atoms with Gasteiger partial charge in [0, 0.05) is 29.4 Å². The van der Waals surface area contributed by atoms with Gasteiger partial charge in [0.25, 0.3) is 0 Å². The van der Waals surface area contributed by atoms with Crippen LogP contribution in [0, 0.1) is 13.8 Å². The maximum Gasteiger partial charge on any atom is 0.226 e. The number of amides is 1. The van der Waals surface area contributed by atoms with Gasteiger partial charge in [-0.05, 0) is 49.2 Å². The minimum Gasteiger partial charge on any atom is -0.384 e. The molecule has 0 radical (unpaired) electrons. The topological polar surface area (TPSA) is 41.1 Å². The van der Waals surface area contributed by atoms with Gasteiger partial charge in [0.15, 0.2) is 0 Å². The van der Waals surface area contributed by atoms with Gasteiger partial charge in [-0.3, -0.25) is 4.79 Å². The summed E-state index contributed by atoms with van der Waals surface area (Å²) in [5.41, 5.74) is 3.92. The van der Waals surface area contributed by atoms with Crippen molar-refractivity contribution in [3.8, 4) is 0 Å². The van der Waals surface area contributed by atoms with Crippen molar-refractivity contribution < 1.29 is 4.79 Å². The fourth-order valence-corrected chi connectivity index (χ4v) is 2.15. The number of aryl methyl sites for hydroxylation is 2. The first kappa shape index (κ1) is 15.4. The summed E-state index contributed by atoms with van der Waals surface area (Å²) in [4.78, 5) is 11.9. The molecule has 0 aliphatic carbocycles. The van der Waals surface area contributed by atoms with Crippen LogP contribution in [0.1, 0.15) is 17.5 Å². The van der Waals surface area contributed by atoms with Crippen LogP contribution in [0.15, 0.2) is 42.5 Å². The summed E-state index contributed by atoms with van der Waals surface area (Å²) >= 11 is 6.06. The smallest absolute Gasteiger partial charge is 0.226 e. The van der Waals surface area contributed by atoms with Gasteiger partial charge in [-0.2, -0.15) is 0 Å². The fourth-order valence-electron chi connectivity index (χ4n) is 1.97. The zero-order valence-electron chi connectivity index (χ0n) is 12.2. The zero-order valence-corrected chi connectivity index (χ0v) is 13.0. The summed E-state index contributed by atoms with van der Waals surface area (Å²) in [6.07, 6.45) is 0.402. The van der Waals surface area contributed by atoms with E-state index in [1.54, 1.807) is 0 Å². The van der Waals surface area contributed by atoms with E-state index in [0.717, 1.165) is 27.5 Å². The minimum atomic E-state index is -0.00805. The van der Waals surface area contributed by atoms with Crippen LogP contribution in [0.4, 0.5) is 11.4 Å². The van der Waals surface area contributed by atoms with Gasteiger partial charge in [0.05, 0.1) is 0 Å². The number of hydrogen-bond acceptors (Lipinski definition) is 2. The molecule has 0 spiro atoms. The van der Waals surface area contributed by atoms with Gasteiger partial charge in [0.2, 0.25) is 5.91 Å². The van der Waals surface area contributed by atoms with E-state index in [-0.39, 0.29) is 5.91 Å². The van der Waals surface area contributed by atoms with Gasteiger partial charge in [-0.15, -0.1) is 0 Å². The van der Waals surface area contributed by atoms with Crippen LogP contribution >= 0.6 is 11.6 Å². The van der Waals surface area contributed by atoms with E-state index in [2.05, 4.69) is 10.6 Å². The Bertz CT molecular complexity index is 640. The molecule has 0 unspecified atom stereocenters. The normalized spacial score (nSPS) is 10.2. The number of carbonyl (C=O) groups is 1. The first-order valence-electron chi connectivity index (χ1n) is 6.91. The molecule has 0 aromatic heterocycles. The highest BCUT2D eigenvalue weighted by Gasteiger charge is 2.03. The number of halogens is 1. The third kappa shape index (κ3) is 4.80. The van der Waals surface area contributed by atoms with E-state index in [4.69, 9.17) is 11.6 Å². The van der Waals surface area contributed by atoms with Crippen molar-refractivity contribution >= 4 is 28.9 Å². The molecule has 2 rings (SSSR count). The van der Waals surface area contributed by atoms with Crippen molar-refractivity contribution in [3.63, 3.8) is 0 Å². The van der Waals surface area contributed by atoms with Crippen molar-refractivity contribution in [3.05, 3.63) is 58.6 Å². The average molecular weight is 303 g/mol. The standard InChI is InChI=1S/C17H19ClN2O/c1-12-4-3-5-15(10-12)20-17(21)8-9-19-14-7-6-13(2)16(18)11-14/h3-7,10-11,19H,8-9H2,1-2H3,(H,20,21). The molecule has 0 bridgehead atoms. The second kappa shape index (κ2) is 7.14. The van der Waals surface area contributed by atoms with Gasteiger partial charge < -0.3 is 10.6 Å². The van der Waals surface area contributed by atoms with Crippen LogP contribution in [0.3, 0.4) is 0 Å². The van der Waals surface area contributed by atoms with E-state index in [0.29, 0.717) is 13.0 Å². The van der Waals surface area contributed by atoms with E-state index in [1.807, 2.05) is 56.3 Å². The lowest BCUT2D eigenvalue weighted by molar-refractivity contribution is -0.115. The molecule has 21 heavy (non-hydrogen) atoms. The Morgan fingerprint density at radius 3 is 2.62 bits per heavy atom. The molecular formula is C17H19ClN2O. The second-order valence-electron chi connectivity index (χ2n) is 5.06. The maximum absolute atomic E-state index is 11.9. The molecule has 0 aliphatic rings. The predicted molar refractivity (Wildman–Crippen MR) is 89.1 cm³/mol. The van der Waals surface area contributed by atoms with E-state index >= 15 is 0 Å². The fraction of sp³-hybridized carbons (Fsp3) is 0.235. The quantitative estimate of drug-likeness (QED) is 0.859. The number of nitrogens with one attached hydrogen (secondary N) is 2. The molecule has 110 valence electrons. The summed E-state index contributed by atoms with van der Waals surface area (Å²) in [7, 11) is 0. The van der Waals surface area contributed by atoms with Gasteiger partial charge in [-0.25, -0.2) is 0 Å². The van der Waals surface area contributed by atoms with Crippen LogP contribution in [0.25, 0.3) is 0 Å². The Morgan fingerprint density at radius 1 is 1.10 bits per heavy atom. The van der Waals surface area contributed by atoms with Gasteiger partial charge in [-0.1, -0.05) is 29.8 Å². The van der Waals surface area contributed by atoms with E-state index in [9.17, 15) is 4.79 Å². The summed E-state index contributed by atoms with van der Waals surface area (Å²) in [6, 6.07) is 13.5. The Kier molecular flexibility index (Phi) is 5.23. The van der Waals surface area contributed by atoms with E-state index < -0.39 is 0 Å². The molecule has 1 amide bonds. The summed E-state index contributed by atoms with van der Waals surface area (Å²) in [5.74, 6) is -0.00805. The monoisotopic (exact) mass is 302 g/mol. The Hall–Kier alpha value is -2.00. The molecule has 0 fully saturated rings.